The summed E-state index contributed by atoms with van der Waals surface area (Å²) >= 11 is 5.87. The summed E-state index contributed by atoms with van der Waals surface area (Å²) in [5.41, 5.74) is 1.50. The fraction of sp³-hybridized carbons (Fsp3) is 0.300. The summed E-state index contributed by atoms with van der Waals surface area (Å²) < 4.78 is 5.78. The van der Waals surface area contributed by atoms with Gasteiger partial charge in [-0.3, -0.25) is 9.59 Å². The van der Waals surface area contributed by atoms with Crippen molar-refractivity contribution in [2.24, 2.45) is 0 Å². The van der Waals surface area contributed by atoms with Crippen LogP contribution in [0.25, 0.3) is 0 Å². The Balaban J connectivity index is 1.94. The largest absolute Gasteiger partial charge is 0.481 e. The lowest BCUT2D eigenvalue weighted by atomic mass is 10.0. The van der Waals surface area contributed by atoms with Gasteiger partial charge in [0, 0.05) is 10.6 Å². The van der Waals surface area contributed by atoms with Crippen molar-refractivity contribution in [1.29, 1.82) is 0 Å². The Labute approximate surface area is 153 Å². The summed E-state index contributed by atoms with van der Waals surface area (Å²) in [6.07, 6.45) is -0.702. The molecule has 0 saturated heterocycles. The van der Waals surface area contributed by atoms with Gasteiger partial charge in [-0.1, -0.05) is 55.8 Å². The van der Waals surface area contributed by atoms with Crippen LogP contribution in [0.1, 0.15) is 42.6 Å². The molecule has 25 heavy (non-hydrogen) atoms. The molecule has 0 saturated carbocycles. The van der Waals surface area contributed by atoms with E-state index in [2.05, 4.69) is 19.2 Å². The van der Waals surface area contributed by atoms with Crippen molar-refractivity contribution in [2.75, 3.05) is 6.54 Å². The number of rotatable bonds is 7. The van der Waals surface area contributed by atoms with Gasteiger partial charge in [-0.2, -0.15) is 0 Å². The van der Waals surface area contributed by atoms with E-state index in [0.29, 0.717) is 16.3 Å². The molecule has 2 aromatic rings. The number of ether oxygens (including phenoxy) is 1. The Morgan fingerprint density at radius 1 is 1.08 bits per heavy atom. The van der Waals surface area contributed by atoms with Crippen LogP contribution in [-0.4, -0.2) is 24.3 Å². The molecule has 0 radical (unpaired) electrons. The summed E-state index contributed by atoms with van der Waals surface area (Å²) in [5, 5.41) is 3.10. The van der Waals surface area contributed by atoms with E-state index in [9.17, 15) is 9.59 Å². The highest BCUT2D eigenvalue weighted by Gasteiger charge is 2.18. The number of nitrogens with one attached hydrogen (secondary N) is 1. The molecule has 1 N–H and O–H groups in total. The molecule has 2 rings (SSSR count). The number of amides is 1. The van der Waals surface area contributed by atoms with E-state index in [0.717, 1.165) is 5.56 Å². The topological polar surface area (TPSA) is 55.4 Å². The van der Waals surface area contributed by atoms with Crippen LogP contribution < -0.4 is 10.1 Å². The van der Waals surface area contributed by atoms with Gasteiger partial charge in [0.25, 0.3) is 5.91 Å². The number of para-hydroxylation sites is 1. The van der Waals surface area contributed by atoms with Crippen molar-refractivity contribution in [3.05, 3.63) is 64.7 Å². The molecule has 0 aliphatic heterocycles. The third-order valence-electron chi connectivity index (χ3n) is 3.78. The first kappa shape index (κ1) is 19.0. The minimum atomic E-state index is -0.702. The molecule has 132 valence electrons. The van der Waals surface area contributed by atoms with E-state index in [-0.39, 0.29) is 24.2 Å². The van der Waals surface area contributed by atoms with Crippen molar-refractivity contribution in [3.8, 4) is 5.75 Å². The summed E-state index contributed by atoms with van der Waals surface area (Å²) in [7, 11) is 0. The number of hydrogen-bond donors (Lipinski definition) is 1. The molecular weight excluding hydrogens is 338 g/mol. The standard InChI is InChI=1S/C20H22ClNO3/c1-13(2)17-9-4-5-10-19(17)25-14(3)20(24)22-12-18(23)15-7-6-8-16(21)11-15/h4-11,13-14H,12H2,1-3H3,(H,22,24). The molecule has 2 aromatic carbocycles. The predicted molar refractivity (Wildman–Crippen MR) is 99.4 cm³/mol. The molecule has 0 bridgehead atoms. The molecule has 0 aromatic heterocycles. The first-order chi connectivity index (χ1) is 11.9. The maximum absolute atomic E-state index is 12.2. The lowest BCUT2D eigenvalue weighted by molar-refractivity contribution is -0.127. The highest BCUT2D eigenvalue weighted by atomic mass is 35.5. The molecule has 0 heterocycles. The number of Topliss-reactive ketones (excluding diaryl/α,β-unsaturated/α-hetero) is 1. The fourth-order valence-electron chi connectivity index (χ4n) is 2.38. The Hall–Kier alpha value is -2.33. The van der Waals surface area contributed by atoms with Crippen molar-refractivity contribution < 1.29 is 14.3 Å². The van der Waals surface area contributed by atoms with Crippen LogP contribution in [0.3, 0.4) is 0 Å². The van der Waals surface area contributed by atoms with E-state index >= 15 is 0 Å². The quantitative estimate of drug-likeness (QED) is 0.752. The van der Waals surface area contributed by atoms with Gasteiger partial charge in [-0.25, -0.2) is 0 Å². The zero-order chi connectivity index (χ0) is 18.4. The maximum Gasteiger partial charge on any atom is 0.261 e. The maximum atomic E-state index is 12.2. The molecule has 1 unspecified atom stereocenters. The number of hydrogen-bond acceptors (Lipinski definition) is 3. The number of ketones is 1. The lowest BCUT2D eigenvalue weighted by Gasteiger charge is -2.18. The van der Waals surface area contributed by atoms with Gasteiger partial charge < -0.3 is 10.1 Å². The SMILES string of the molecule is CC(Oc1ccccc1C(C)C)C(=O)NCC(=O)c1cccc(Cl)c1. The van der Waals surface area contributed by atoms with Crippen molar-refractivity contribution in [3.63, 3.8) is 0 Å². The van der Waals surface area contributed by atoms with Gasteiger partial charge in [-0.05, 0) is 36.6 Å². The van der Waals surface area contributed by atoms with E-state index in [1.807, 2.05) is 24.3 Å². The highest BCUT2D eigenvalue weighted by molar-refractivity contribution is 6.31. The van der Waals surface area contributed by atoms with E-state index in [1.54, 1.807) is 31.2 Å². The van der Waals surface area contributed by atoms with Gasteiger partial charge in [0.1, 0.15) is 5.75 Å². The second-order valence-electron chi connectivity index (χ2n) is 6.10. The first-order valence-electron chi connectivity index (χ1n) is 8.20. The summed E-state index contributed by atoms with van der Waals surface area (Å²) in [5.74, 6) is 0.428. The Bertz CT molecular complexity index is 758. The third kappa shape index (κ3) is 5.33. The monoisotopic (exact) mass is 359 g/mol. The molecule has 1 amide bonds. The minimum absolute atomic E-state index is 0.0985. The zero-order valence-corrected chi connectivity index (χ0v) is 15.3. The van der Waals surface area contributed by atoms with Crippen LogP contribution in [0.15, 0.2) is 48.5 Å². The summed E-state index contributed by atoms with van der Waals surface area (Å²) in [6, 6.07) is 14.3. The third-order valence-corrected chi connectivity index (χ3v) is 4.02. The summed E-state index contributed by atoms with van der Waals surface area (Å²) in [4.78, 5) is 24.3. The smallest absolute Gasteiger partial charge is 0.261 e. The van der Waals surface area contributed by atoms with Crippen LogP contribution in [0.2, 0.25) is 5.02 Å². The van der Waals surface area contributed by atoms with Crippen molar-refractivity contribution in [1.82, 2.24) is 5.32 Å². The molecule has 5 heteroatoms. The van der Waals surface area contributed by atoms with Crippen LogP contribution in [-0.2, 0) is 4.79 Å². The average Bonchev–Trinajstić information content (AvgIpc) is 2.59. The minimum Gasteiger partial charge on any atom is -0.481 e. The van der Waals surface area contributed by atoms with E-state index in [4.69, 9.17) is 16.3 Å². The van der Waals surface area contributed by atoms with Gasteiger partial charge in [0.15, 0.2) is 11.9 Å². The van der Waals surface area contributed by atoms with Crippen molar-refractivity contribution >= 4 is 23.3 Å². The van der Waals surface area contributed by atoms with Crippen LogP contribution in [0, 0.1) is 0 Å². The van der Waals surface area contributed by atoms with E-state index in [1.165, 1.54) is 0 Å². The van der Waals surface area contributed by atoms with Gasteiger partial charge in [0.05, 0.1) is 6.54 Å². The molecule has 0 fully saturated rings. The second kappa shape index (κ2) is 8.67. The van der Waals surface area contributed by atoms with Gasteiger partial charge in [0.2, 0.25) is 0 Å². The zero-order valence-electron chi connectivity index (χ0n) is 14.6. The summed E-state index contributed by atoms with van der Waals surface area (Å²) in [6.45, 7) is 5.70. The normalized spacial score (nSPS) is 11.9. The molecule has 0 aliphatic rings. The Morgan fingerprint density at radius 3 is 2.48 bits per heavy atom. The van der Waals surface area contributed by atoms with Gasteiger partial charge in [-0.15, -0.1) is 0 Å². The highest BCUT2D eigenvalue weighted by Crippen LogP contribution is 2.26. The molecule has 4 nitrogen and oxygen atoms in total. The Morgan fingerprint density at radius 2 is 1.80 bits per heavy atom. The first-order valence-corrected chi connectivity index (χ1v) is 8.58. The number of benzene rings is 2. The lowest BCUT2D eigenvalue weighted by Crippen LogP contribution is -2.39. The van der Waals surface area contributed by atoms with Gasteiger partial charge >= 0.3 is 0 Å². The van der Waals surface area contributed by atoms with Crippen LogP contribution >= 0.6 is 11.6 Å². The van der Waals surface area contributed by atoms with Crippen LogP contribution in [0.4, 0.5) is 0 Å². The van der Waals surface area contributed by atoms with Crippen molar-refractivity contribution in [2.45, 2.75) is 32.8 Å². The molecule has 1 atom stereocenters. The Kier molecular flexibility index (Phi) is 6.59. The number of halogens is 1. The predicted octanol–water partition coefficient (Wildman–Crippen LogP) is 4.23. The van der Waals surface area contributed by atoms with E-state index < -0.39 is 6.10 Å². The van der Waals surface area contributed by atoms with Crippen LogP contribution in [0.5, 0.6) is 5.75 Å². The average molecular weight is 360 g/mol. The number of carbonyl (C=O) groups excluding carboxylic acids is 2. The molecular formula is C20H22ClNO3. The second-order valence-corrected chi connectivity index (χ2v) is 6.54. The number of carbonyl (C=O) groups is 2. The molecule has 0 spiro atoms. The fourth-order valence-corrected chi connectivity index (χ4v) is 2.57. The molecule has 0 aliphatic carbocycles.